The Morgan fingerprint density at radius 2 is 2.00 bits per heavy atom. The highest BCUT2D eigenvalue weighted by molar-refractivity contribution is 6.58. The van der Waals surface area contributed by atoms with E-state index in [0.29, 0.717) is 0 Å². The van der Waals surface area contributed by atoms with E-state index in [0.717, 1.165) is 12.1 Å². The van der Waals surface area contributed by atoms with Gasteiger partial charge in [0, 0.05) is 5.46 Å². The third-order valence-corrected chi connectivity index (χ3v) is 2.01. The SMILES string of the molecule is OB(O)c1ccc(Cl)c(OCC(F)F)c1F. The van der Waals surface area contributed by atoms with Gasteiger partial charge in [0.1, 0.15) is 6.61 Å². The second-order valence-corrected chi connectivity index (χ2v) is 3.26. The van der Waals surface area contributed by atoms with Gasteiger partial charge in [0.25, 0.3) is 6.43 Å². The van der Waals surface area contributed by atoms with Gasteiger partial charge < -0.3 is 14.8 Å². The molecule has 0 unspecified atom stereocenters. The zero-order valence-corrected chi connectivity index (χ0v) is 8.59. The Kier molecular flexibility index (Phi) is 4.46. The molecular formula is C8H7BClF3O3. The number of ether oxygens (including phenoxy) is 1. The van der Waals surface area contributed by atoms with Gasteiger partial charge in [-0.3, -0.25) is 0 Å². The average Bonchev–Trinajstić information content (AvgIpc) is 2.16. The molecule has 1 aromatic carbocycles. The molecular weight excluding hydrogens is 247 g/mol. The second-order valence-electron chi connectivity index (χ2n) is 2.86. The van der Waals surface area contributed by atoms with E-state index < -0.39 is 37.2 Å². The predicted octanol–water partition coefficient (Wildman–Crippen LogP) is 0.803. The van der Waals surface area contributed by atoms with Crippen LogP contribution in [0.25, 0.3) is 0 Å². The van der Waals surface area contributed by atoms with Crippen molar-refractivity contribution in [1.29, 1.82) is 0 Å². The number of benzene rings is 1. The summed E-state index contributed by atoms with van der Waals surface area (Å²) in [5.41, 5.74) is -0.492. The van der Waals surface area contributed by atoms with Gasteiger partial charge in [-0.15, -0.1) is 0 Å². The van der Waals surface area contributed by atoms with Crippen LogP contribution >= 0.6 is 11.6 Å². The van der Waals surface area contributed by atoms with Gasteiger partial charge in [-0.2, -0.15) is 0 Å². The van der Waals surface area contributed by atoms with Crippen LogP contribution in [-0.4, -0.2) is 30.2 Å². The zero-order valence-electron chi connectivity index (χ0n) is 7.83. The highest BCUT2D eigenvalue weighted by atomic mass is 35.5. The third kappa shape index (κ3) is 3.04. The minimum Gasteiger partial charge on any atom is -0.483 e. The van der Waals surface area contributed by atoms with Crippen LogP contribution in [0, 0.1) is 5.82 Å². The van der Waals surface area contributed by atoms with Crippen molar-refractivity contribution in [2.45, 2.75) is 6.43 Å². The van der Waals surface area contributed by atoms with Gasteiger partial charge in [0.05, 0.1) is 5.02 Å². The molecule has 2 N–H and O–H groups in total. The molecule has 0 aliphatic rings. The fraction of sp³-hybridized carbons (Fsp3) is 0.250. The zero-order chi connectivity index (χ0) is 12.3. The van der Waals surface area contributed by atoms with Gasteiger partial charge in [-0.05, 0) is 6.07 Å². The summed E-state index contributed by atoms with van der Waals surface area (Å²) in [4.78, 5) is 0. The lowest BCUT2D eigenvalue weighted by Crippen LogP contribution is -2.33. The van der Waals surface area contributed by atoms with E-state index in [4.69, 9.17) is 21.6 Å². The molecule has 3 nitrogen and oxygen atoms in total. The van der Waals surface area contributed by atoms with Crippen LogP contribution in [0.2, 0.25) is 5.02 Å². The first-order valence-electron chi connectivity index (χ1n) is 4.18. The highest BCUT2D eigenvalue weighted by Crippen LogP contribution is 2.26. The number of halogens is 4. The first kappa shape index (κ1) is 13.2. The van der Waals surface area contributed by atoms with E-state index in [-0.39, 0.29) is 5.02 Å². The summed E-state index contributed by atoms with van der Waals surface area (Å²) in [7, 11) is -2.06. The van der Waals surface area contributed by atoms with Crippen LogP contribution in [0.15, 0.2) is 12.1 Å². The summed E-state index contributed by atoms with van der Waals surface area (Å²) in [5.74, 6) is -1.78. The van der Waals surface area contributed by atoms with Crippen LogP contribution in [0.1, 0.15) is 0 Å². The van der Waals surface area contributed by atoms with Crippen LogP contribution < -0.4 is 10.2 Å². The van der Waals surface area contributed by atoms with Crippen molar-refractivity contribution in [2.75, 3.05) is 6.61 Å². The molecule has 0 bridgehead atoms. The number of hydrogen-bond acceptors (Lipinski definition) is 3. The molecule has 0 aliphatic heterocycles. The van der Waals surface area contributed by atoms with Crippen molar-refractivity contribution in [3.63, 3.8) is 0 Å². The Morgan fingerprint density at radius 3 is 2.50 bits per heavy atom. The minimum absolute atomic E-state index is 0.220. The van der Waals surface area contributed by atoms with Crippen LogP contribution in [-0.2, 0) is 0 Å². The molecule has 0 amide bonds. The molecule has 88 valence electrons. The molecule has 0 saturated carbocycles. The fourth-order valence-electron chi connectivity index (χ4n) is 1.03. The lowest BCUT2D eigenvalue weighted by atomic mass is 9.80. The van der Waals surface area contributed by atoms with Crippen LogP contribution in [0.4, 0.5) is 13.2 Å². The Labute approximate surface area is 94.6 Å². The molecule has 1 rings (SSSR count). The minimum atomic E-state index is -2.78. The van der Waals surface area contributed by atoms with Gasteiger partial charge in [0.2, 0.25) is 0 Å². The van der Waals surface area contributed by atoms with E-state index in [1.807, 2.05) is 0 Å². The normalized spacial score (nSPS) is 10.7. The molecule has 16 heavy (non-hydrogen) atoms. The topological polar surface area (TPSA) is 49.7 Å². The van der Waals surface area contributed by atoms with Crippen molar-refractivity contribution < 1.29 is 28.0 Å². The van der Waals surface area contributed by atoms with E-state index in [1.165, 1.54) is 0 Å². The Bertz CT molecular complexity index is 376. The van der Waals surface area contributed by atoms with Crippen molar-refractivity contribution >= 4 is 24.2 Å². The molecule has 0 aliphatic carbocycles. The summed E-state index contributed by atoms with van der Waals surface area (Å²) in [5, 5.41) is 17.3. The van der Waals surface area contributed by atoms with Crippen molar-refractivity contribution in [1.82, 2.24) is 0 Å². The number of hydrogen-bond donors (Lipinski definition) is 2. The summed E-state index contributed by atoms with van der Waals surface area (Å²) in [6.45, 7) is -1.03. The fourth-order valence-corrected chi connectivity index (χ4v) is 1.23. The number of alkyl halides is 2. The Morgan fingerprint density at radius 1 is 1.38 bits per heavy atom. The van der Waals surface area contributed by atoms with Crippen LogP contribution in [0.5, 0.6) is 5.75 Å². The third-order valence-electron chi connectivity index (χ3n) is 1.71. The second kappa shape index (κ2) is 5.42. The molecule has 0 aromatic heterocycles. The first-order valence-corrected chi connectivity index (χ1v) is 4.56. The maximum absolute atomic E-state index is 13.5. The summed E-state index contributed by atoms with van der Waals surface area (Å²) >= 11 is 5.52. The summed E-state index contributed by atoms with van der Waals surface area (Å²) in [6, 6.07) is 2.15. The molecule has 0 fully saturated rings. The molecule has 0 atom stereocenters. The van der Waals surface area contributed by atoms with Crippen molar-refractivity contribution in [2.24, 2.45) is 0 Å². The van der Waals surface area contributed by atoms with E-state index in [9.17, 15) is 13.2 Å². The molecule has 0 saturated heterocycles. The summed E-state index contributed by atoms with van der Waals surface area (Å²) < 4.78 is 41.6. The van der Waals surface area contributed by atoms with Gasteiger partial charge >= 0.3 is 7.12 Å². The number of rotatable bonds is 4. The monoisotopic (exact) mass is 254 g/mol. The maximum atomic E-state index is 13.5. The molecule has 0 spiro atoms. The Balaban J connectivity index is 3.01. The average molecular weight is 254 g/mol. The van der Waals surface area contributed by atoms with Crippen molar-refractivity contribution in [3.05, 3.63) is 23.0 Å². The standard InChI is InChI=1S/C8H7BClF3O3/c10-5-2-1-4(9(14)15)7(13)8(5)16-3-6(11)12/h1-2,6,14-15H,3H2. The van der Waals surface area contributed by atoms with Crippen molar-refractivity contribution in [3.8, 4) is 5.75 Å². The largest absolute Gasteiger partial charge is 0.491 e. The van der Waals surface area contributed by atoms with Gasteiger partial charge in [-0.25, -0.2) is 13.2 Å². The lowest BCUT2D eigenvalue weighted by Gasteiger charge is -2.11. The smallest absolute Gasteiger partial charge is 0.483 e. The summed E-state index contributed by atoms with van der Waals surface area (Å²) in [6.07, 6.45) is -2.78. The lowest BCUT2D eigenvalue weighted by molar-refractivity contribution is 0.0800. The molecule has 0 heterocycles. The van der Waals surface area contributed by atoms with Gasteiger partial charge in [-0.1, -0.05) is 17.7 Å². The van der Waals surface area contributed by atoms with Crippen LogP contribution in [0.3, 0.4) is 0 Å². The molecule has 1 aromatic rings. The molecule has 0 radical (unpaired) electrons. The van der Waals surface area contributed by atoms with E-state index in [1.54, 1.807) is 0 Å². The highest BCUT2D eigenvalue weighted by Gasteiger charge is 2.22. The maximum Gasteiger partial charge on any atom is 0.491 e. The first-order chi connectivity index (χ1) is 7.43. The molecule has 8 heteroatoms. The quantitative estimate of drug-likeness (QED) is 0.782. The van der Waals surface area contributed by atoms with Gasteiger partial charge in [0.15, 0.2) is 11.6 Å². The predicted molar refractivity (Wildman–Crippen MR) is 52.7 cm³/mol. The van der Waals surface area contributed by atoms with E-state index >= 15 is 0 Å². The Hall–Kier alpha value is -0.915. The van der Waals surface area contributed by atoms with E-state index in [2.05, 4.69) is 4.74 Å².